The van der Waals surface area contributed by atoms with Gasteiger partial charge in [-0.25, -0.2) is 4.39 Å². The van der Waals surface area contributed by atoms with E-state index in [2.05, 4.69) is 18.7 Å². The highest BCUT2D eigenvalue weighted by molar-refractivity contribution is 5.25. The number of nitrogens with zero attached hydrogens (tertiary/aromatic N) is 1. The minimum Gasteiger partial charge on any atom is -0.383 e. The second-order valence-corrected chi connectivity index (χ2v) is 6.09. The van der Waals surface area contributed by atoms with Crippen LogP contribution in [-0.2, 0) is 4.74 Å². The molecule has 21 heavy (non-hydrogen) atoms. The Balaban J connectivity index is 2.54. The molecule has 0 saturated heterocycles. The van der Waals surface area contributed by atoms with Gasteiger partial charge in [0.25, 0.3) is 0 Å². The van der Waals surface area contributed by atoms with Gasteiger partial charge >= 0.3 is 0 Å². The summed E-state index contributed by atoms with van der Waals surface area (Å²) in [6.07, 6.45) is 0.818. The fraction of sp³-hybridized carbons (Fsp3) is 0.647. The van der Waals surface area contributed by atoms with Crippen LogP contribution in [-0.4, -0.2) is 38.3 Å². The summed E-state index contributed by atoms with van der Waals surface area (Å²) in [5, 5.41) is 0. The molecule has 120 valence electrons. The number of methoxy groups -OCH3 is 1. The van der Waals surface area contributed by atoms with E-state index in [1.807, 2.05) is 6.07 Å². The molecule has 1 atom stereocenters. The lowest BCUT2D eigenvalue weighted by atomic mass is 10.0. The SMILES string of the molecule is COCCN(CCC(N)c1ccc(C)c(F)c1)CC(C)C. The standard InChI is InChI=1S/C17H29FN2O/c1-13(2)12-20(9-10-21-4)8-7-17(19)15-6-5-14(3)16(18)11-15/h5-6,11,13,17H,7-10,12,19H2,1-4H3. The predicted molar refractivity (Wildman–Crippen MR) is 85.8 cm³/mol. The average Bonchev–Trinajstić information content (AvgIpc) is 2.44. The van der Waals surface area contributed by atoms with Gasteiger partial charge in [0.05, 0.1) is 6.61 Å². The van der Waals surface area contributed by atoms with Crippen LogP contribution in [0, 0.1) is 18.7 Å². The van der Waals surface area contributed by atoms with Gasteiger partial charge in [-0.15, -0.1) is 0 Å². The van der Waals surface area contributed by atoms with E-state index < -0.39 is 0 Å². The highest BCUT2D eigenvalue weighted by Crippen LogP contribution is 2.18. The second-order valence-electron chi connectivity index (χ2n) is 6.09. The lowest BCUT2D eigenvalue weighted by molar-refractivity contribution is 0.138. The van der Waals surface area contributed by atoms with Crippen LogP contribution < -0.4 is 5.73 Å². The van der Waals surface area contributed by atoms with E-state index in [9.17, 15) is 4.39 Å². The lowest BCUT2D eigenvalue weighted by Gasteiger charge is -2.25. The molecule has 0 saturated carbocycles. The van der Waals surface area contributed by atoms with E-state index in [0.29, 0.717) is 11.5 Å². The summed E-state index contributed by atoms with van der Waals surface area (Å²) < 4.78 is 18.7. The molecule has 3 nitrogen and oxygen atoms in total. The Hall–Kier alpha value is -0.970. The highest BCUT2D eigenvalue weighted by atomic mass is 19.1. The van der Waals surface area contributed by atoms with E-state index >= 15 is 0 Å². The van der Waals surface area contributed by atoms with Crippen molar-refractivity contribution < 1.29 is 9.13 Å². The molecule has 1 aromatic rings. The Morgan fingerprint density at radius 2 is 2.00 bits per heavy atom. The number of aryl methyl sites for hydroxylation is 1. The van der Waals surface area contributed by atoms with Gasteiger partial charge in [-0.1, -0.05) is 26.0 Å². The molecule has 0 aliphatic carbocycles. The maximum absolute atomic E-state index is 13.6. The van der Waals surface area contributed by atoms with Gasteiger partial charge in [-0.3, -0.25) is 0 Å². The summed E-state index contributed by atoms with van der Waals surface area (Å²) in [6, 6.07) is 5.14. The molecule has 2 N–H and O–H groups in total. The van der Waals surface area contributed by atoms with Crippen molar-refractivity contribution in [2.75, 3.05) is 33.4 Å². The monoisotopic (exact) mass is 296 g/mol. The largest absolute Gasteiger partial charge is 0.383 e. The van der Waals surface area contributed by atoms with E-state index in [1.54, 1.807) is 26.2 Å². The first-order valence-corrected chi connectivity index (χ1v) is 7.67. The Kier molecular flexibility index (Phi) is 7.86. The molecule has 0 amide bonds. The van der Waals surface area contributed by atoms with E-state index in [1.165, 1.54) is 0 Å². The molecule has 0 radical (unpaired) electrons. The van der Waals surface area contributed by atoms with Gasteiger partial charge in [-0.05, 0) is 36.5 Å². The quantitative estimate of drug-likeness (QED) is 0.761. The summed E-state index contributed by atoms with van der Waals surface area (Å²) in [5.74, 6) is 0.427. The Morgan fingerprint density at radius 3 is 2.57 bits per heavy atom. The first-order valence-electron chi connectivity index (χ1n) is 7.67. The number of hydrogen-bond donors (Lipinski definition) is 1. The van der Waals surface area contributed by atoms with Crippen LogP contribution in [0.3, 0.4) is 0 Å². The van der Waals surface area contributed by atoms with Crippen LogP contribution in [0.4, 0.5) is 4.39 Å². The van der Waals surface area contributed by atoms with Crippen LogP contribution in [0.2, 0.25) is 0 Å². The molecule has 0 fully saturated rings. The summed E-state index contributed by atoms with van der Waals surface area (Å²) in [7, 11) is 1.72. The van der Waals surface area contributed by atoms with Crippen LogP contribution >= 0.6 is 0 Å². The van der Waals surface area contributed by atoms with E-state index in [-0.39, 0.29) is 11.9 Å². The molecule has 0 aliphatic rings. The fourth-order valence-corrected chi connectivity index (χ4v) is 2.36. The summed E-state index contributed by atoms with van der Waals surface area (Å²) >= 11 is 0. The van der Waals surface area contributed by atoms with Crippen LogP contribution in [0.1, 0.15) is 37.4 Å². The van der Waals surface area contributed by atoms with E-state index in [0.717, 1.165) is 38.2 Å². The first kappa shape index (κ1) is 18.1. The molecule has 0 aromatic heterocycles. The third-order valence-corrected chi connectivity index (χ3v) is 3.62. The van der Waals surface area contributed by atoms with Crippen LogP contribution in [0.5, 0.6) is 0 Å². The van der Waals surface area contributed by atoms with Gasteiger partial charge in [0.15, 0.2) is 0 Å². The molecule has 0 spiro atoms. The molecular weight excluding hydrogens is 267 g/mol. The summed E-state index contributed by atoms with van der Waals surface area (Å²) in [6.45, 7) is 9.73. The first-order chi connectivity index (χ1) is 9.93. The van der Waals surface area contributed by atoms with E-state index in [4.69, 9.17) is 10.5 Å². The van der Waals surface area contributed by atoms with Crippen molar-refractivity contribution in [1.29, 1.82) is 0 Å². The molecule has 1 unspecified atom stereocenters. The maximum atomic E-state index is 13.6. The number of hydrogen-bond acceptors (Lipinski definition) is 3. The summed E-state index contributed by atoms with van der Waals surface area (Å²) in [5.41, 5.74) is 7.73. The van der Waals surface area contributed by atoms with Crippen molar-refractivity contribution in [2.45, 2.75) is 33.2 Å². The normalized spacial score (nSPS) is 13.1. The molecule has 0 aliphatic heterocycles. The number of ether oxygens (including phenoxy) is 1. The molecule has 0 heterocycles. The minimum absolute atomic E-state index is 0.127. The third-order valence-electron chi connectivity index (χ3n) is 3.62. The number of rotatable bonds is 9. The van der Waals surface area contributed by atoms with Crippen LogP contribution in [0.25, 0.3) is 0 Å². The minimum atomic E-state index is -0.179. The zero-order valence-electron chi connectivity index (χ0n) is 13.7. The Bertz CT molecular complexity index is 423. The maximum Gasteiger partial charge on any atom is 0.126 e. The van der Waals surface area contributed by atoms with Crippen molar-refractivity contribution in [3.05, 3.63) is 35.1 Å². The Labute approximate surface area is 128 Å². The topological polar surface area (TPSA) is 38.5 Å². The van der Waals surface area contributed by atoms with Crippen LogP contribution in [0.15, 0.2) is 18.2 Å². The van der Waals surface area contributed by atoms with Gasteiger partial charge in [0, 0.05) is 32.8 Å². The fourth-order valence-electron chi connectivity index (χ4n) is 2.36. The molecule has 0 bridgehead atoms. The van der Waals surface area contributed by atoms with Crippen molar-refractivity contribution in [3.8, 4) is 0 Å². The Morgan fingerprint density at radius 1 is 1.29 bits per heavy atom. The molecule has 1 aromatic carbocycles. The van der Waals surface area contributed by atoms with Gasteiger partial charge in [0.1, 0.15) is 5.82 Å². The number of benzene rings is 1. The van der Waals surface area contributed by atoms with Crippen molar-refractivity contribution in [3.63, 3.8) is 0 Å². The van der Waals surface area contributed by atoms with Gasteiger partial charge in [0.2, 0.25) is 0 Å². The zero-order valence-corrected chi connectivity index (χ0v) is 13.7. The predicted octanol–water partition coefficient (Wildman–Crippen LogP) is 3.13. The smallest absolute Gasteiger partial charge is 0.126 e. The van der Waals surface area contributed by atoms with Gasteiger partial charge in [-0.2, -0.15) is 0 Å². The zero-order chi connectivity index (χ0) is 15.8. The third kappa shape index (κ3) is 6.55. The van der Waals surface area contributed by atoms with Crippen molar-refractivity contribution in [2.24, 2.45) is 11.7 Å². The molecular formula is C17H29FN2O. The highest BCUT2D eigenvalue weighted by Gasteiger charge is 2.12. The summed E-state index contributed by atoms with van der Waals surface area (Å²) in [4.78, 5) is 2.36. The second kappa shape index (κ2) is 9.13. The van der Waals surface area contributed by atoms with Crippen molar-refractivity contribution >= 4 is 0 Å². The average molecular weight is 296 g/mol. The molecule has 4 heteroatoms. The van der Waals surface area contributed by atoms with Crippen molar-refractivity contribution in [1.82, 2.24) is 4.90 Å². The number of halogens is 1. The van der Waals surface area contributed by atoms with Gasteiger partial charge < -0.3 is 15.4 Å². The lowest BCUT2D eigenvalue weighted by Crippen LogP contribution is -2.33. The number of nitrogens with two attached hydrogens (primary N) is 1. The molecule has 1 rings (SSSR count).